The molecule has 24 aliphatic rings. The van der Waals surface area contributed by atoms with Gasteiger partial charge >= 0.3 is 47.8 Å². The number of fused-ring (bicyclic) bond motifs is 11. The quantitative estimate of drug-likeness (QED) is 0.0505. The van der Waals surface area contributed by atoms with E-state index < -0.39 is 46.3 Å². The fourth-order valence-electron chi connectivity index (χ4n) is 30.9. The molecule has 18 saturated carbocycles. The van der Waals surface area contributed by atoms with Crippen LogP contribution >= 0.6 is 0 Å². The van der Waals surface area contributed by atoms with Gasteiger partial charge in [0.15, 0.2) is 24.4 Å². The van der Waals surface area contributed by atoms with Crippen molar-refractivity contribution in [3.63, 3.8) is 0 Å². The first-order chi connectivity index (χ1) is 60.9. The highest BCUT2D eigenvalue weighted by atomic mass is 16.7. The minimum atomic E-state index is -0.555. The molecule has 0 aromatic carbocycles. The van der Waals surface area contributed by atoms with Crippen molar-refractivity contribution >= 4 is 47.8 Å². The third kappa shape index (κ3) is 18.4. The van der Waals surface area contributed by atoms with Crippen LogP contribution in [0.4, 0.5) is 0 Å². The molecule has 1 N–H and O–H groups in total. The number of hydrogen-bond acceptors (Lipinski definition) is 21. The molecule has 21 nitrogen and oxygen atoms in total. The van der Waals surface area contributed by atoms with E-state index in [1.165, 1.54) is 122 Å². The second-order valence-corrected chi connectivity index (χ2v) is 51.6. The first kappa shape index (κ1) is 98.6. The van der Waals surface area contributed by atoms with Crippen molar-refractivity contribution in [3.8, 4) is 0 Å². The molecule has 0 aromatic heterocycles. The fourth-order valence-corrected chi connectivity index (χ4v) is 30.9. The number of carbonyl (C=O) groups is 8. The van der Waals surface area contributed by atoms with Crippen molar-refractivity contribution in [3.05, 3.63) is 0 Å². The van der Waals surface area contributed by atoms with Gasteiger partial charge < -0.3 is 61.9 Å². The van der Waals surface area contributed by atoms with Gasteiger partial charge in [-0.3, -0.25) is 38.4 Å². The van der Waals surface area contributed by atoms with Crippen LogP contribution in [0.1, 0.15) is 416 Å². The lowest BCUT2D eigenvalue weighted by atomic mass is 9.52. The Kier molecular flexibility index (Phi) is 26.9. The van der Waals surface area contributed by atoms with Gasteiger partial charge in [-0.2, -0.15) is 0 Å². The van der Waals surface area contributed by atoms with Crippen LogP contribution in [0.2, 0.25) is 0 Å². The number of esters is 8. The third-order valence-corrected chi connectivity index (χ3v) is 39.8. The van der Waals surface area contributed by atoms with Crippen LogP contribution in [0.3, 0.4) is 0 Å². The molecule has 6 heterocycles. The van der Waals surface area contributed by atoms with E-state index >= 15 is 0 Å². The van der Waals surface area contributed by atoms with Gasteiger partial charge in [-0.25, -0.2) is 0 Å². The molecule has 24 fully saturated rings. The number of carbonyl (C=O) groups excluding carboxylic acids is 8. The van der Waals surface area contributed by atoms with E-state index in [-0.39, 0.29) is 145 Å². The Morgan fingerprint density at radius 3 is 1.09 bits per heavy atom. The van der Waals surface area contributed by atoms with E-state index in [4.69, 9.17) is 56.8 Å². The minimum Gasteiger partial charge on any atom is -0.459 e. The lowest BCUT2D eigenvalue weighted by molar-refractivity contribution is -0.274. The Morgan fingerprint density at radius 2 is 0.723 bits per heavy atom. The number of hydrogen-bond donors (Lipinski definition) is 1. The Morgan fingerprint density at radius 1 is 0.377 bits per heavy atom. The van der Waals surface area contributed by atoms with E-state index in [9.17, 15) is 43.5 Å². The summed E-state index contributed by atoms with van der Waals surface area (Å²) in [6.45, 7) is 44.9. The summed E-state index contributed by atoms with van der Waals surface area (Å²) in [4.78, 5) is 98.1. The highest BCUT2D eigenvalue weighted by Crippen LogP contribution is 2.72. The molecular formula is C109H172O21. The smallest absolute Gasteiger partial charge is 0.312 e. The van der Waals surface area contributed by atoms with Crippen LogP contribution in [0.5, 0.6) is 0 Å². The maximum atomic E-state index is 12.9. The van der Waals surface area contributed by atoms with Crippen molar-refractivity contribution in [1.82, 2.24) is 0 Å². The van der Waals surface area contributed by atoms with Gasteiger partial charge in [0.1, 0.15) is 34.6 Å². The van der Waals surface area contributed by atoms with Gasteiger partial charge in [0.2, 0.25) is 0 Å². The van der Waals surface area contributed by atoms with Crippen molar-refractivity contribution in [2.45, 2.75) is 515 Å². The topological polar surface area (TPSA) is 268 Å². The summed E-state index contributed by atoms with van der Waals surface area (Å²) < 4.78 is 72.2. The van der Waals surface area contributed by atoms with E-state index in [0.29, 0.717) is 79.4 Å². The molecule has 20 bridgehead atoms. The minimum absolute atomic E-state index is 0.00143. The molecule has 21 heteroatoms. The van der Waals surface area contributed by atoms with Gasteiger partial charge in [0.25, 0.3) is 0 Å². The van der Waals surface area contributed by atoms with E-state index in [2.05, 4.69) is 48.5 Å². The highest BCUT2D eigenvalue weighted by molar-refractivity contribution is 5.81. The Bertz CT molecular complexity index is 4050. The monoisotopic (exact) mass is 1820 g/mol. The average molecular weight is 1820 g/mol. The summed E-state index contributed by atoms with van der Waals surface area (Å²) >= 11 is 0. The maximum Gasteiger partial charge on any atom is 0.312 e. The molecule has 24 rings (SSSR count). The first-order valence-electron chi connectivity index (χ1n) is 53.1. The van der Waals surface area contributed by atoms with Gasteiger partial charge in [0.05, 0.1) is 84.5 Å². The van der Waals surface area contributed by atoms with Gasteiger partial charge in [-0.05, 0) is 372 Å². The molecule has 130 heavy (non-hydrogen) atoms. The van der Waals surface area contributed by atoms with E-state index in [1.807, 2.05) is 104 Å². The predicted molar refractivity (Wildman–Crippen MR) is 491 cm³/mol. The van der Waals surface area contributed by atoms with Gasteiger partial charge in [-0.1, -0.05) is 94.9 Å². The predicted octanol–water partition coefficient (Wildman–Crippen LogP) is 21.8. The largest absolute Gasteiger partial charge is 0.459 e. The third-order valence-electron chi connectivity index (χ3n) is 39.8. The first-order valence-corrected chi connectivity index (χ1v) is 53.1. The Balaban J connectivity index is 0.000000115. The zero-order valence-corrected chi connectivity index (χ0v) is 84.4. The van der Waals surface area contributed by atoms with Gasteiger partial charge in [0, 0.05) is 25.2 Å². The summed E-state index contributed by atoms with van der Waals surface area (Å²) in [6, 6.07) is 0. The molecule has 734 valence electrons. The summed E-state index contributed by atoms with van der Waals surface area (Å²) in [6.07, 6.45) is 41.9. The fraction of sp³-hybridized carbons (Fsp3) is 0.927. The van der Waals surface area contributed by atoms with Crippen molar-refractivity contribution in [2.75, 3.05) is 0 Å². The summed E-state index contributed by atoms with van der Waals surface area (Å²) in [5.41, 5.74) is -4.00. The summed E-state index contributed by atoms with van der Waals surface area (Å²) in [7, 11) is 0. The van der Waals surface area contributed by atoms with E-state index in [1.54, 1.807) is 0 Å². The lowest BCUT2D eigenvalue weighted by Gasteiger charge is -2.62. The van der Waals surface area contributed by atoms with Crippen molar-refractivity contribution < 1.29 is 100 Å². The summed E-state index contributed by atoms with van der Waals surface area (Å²) in [5, 5.41) is 10.6. The van der Waals surface area contributed by atoms with Crippen LogP contribution in [-0.4, -0.2) is 152 Å². The van der Waals surface area contributed by atoms with Gasteiger partial charge in [-0.15, -0.1) is 0 Å². The molecule has 18 aliphatic carbocycles. The molecule has 23 unspecified atom stereocenters. The average Bonchev–Trinajstić information content (AvgIpc) is 1.49. The van der Waals surface area contributed by atoms with Crippen molar-refractivity contribution in [1.29, 1.82) is 0 Å². The highest BCUT2D eigenvalue weighted by Gasteiger charge is 2.72. The maximum absolute atomic E-state index is 12.9. The number of ether oxygens (including phenoxy) is 12. The Hall–Kier alpha value is -4.44. The molecule has 6 saturated heterocycles. The lowest BCUT2D eigenvalue weighted by Crippen LogP contribution is -2.64. The SMILES string of the molecule is CCC(C)(C)C(=O)OC1(CC)CC2CC1C1C3CCC(C3)C21.CCC(C)(C)C(=O)OC12CC3CC(C1)CC(OC1(C(C)C)CCCC1)(C3)C2.CCC(C)(C)C(=O)OC12CC3CC(CC(O)(C3)C1)C2.CCC(C)(C)C(=O)OC1C2CC3C(=O)OC1C3O2.CCC(C)(C)C(=O)OC1C2CC3C(=O)OC1C3O2.CCC1(OC23CC4CC(CC(OC(=O)C(C)(C)CC)(C4)C2)C3)CCCC1. The van der Waals surface area contributed by atoms with Crippen LogP contribution in [0, 0.1) is 121 Å². The molecule has 0 amide bonds. The van der Waals surface area contributed by atoms with Crippen molar-refractivity contribution in [2.24, 2.45) is 121 Å². The molecule has 6 aliphatic heterocycles. The summed E-state index contributed by atoms with van der Waals surface area (Å²) in [5.74, 6) is 8.53. The van der Waals surface area contributed by atoms with Crippen LogP contribution in [0.15, 0.2) is 0 Å². The Labute approximate surface area is 780 Å². The van der Waals surface area contributed by atoms with Crippen LogP contribution in [0.25, 0.3) is 0 Å². The van der Waals surface area contributed by atoms with E-state index in [0.717, 1.165) is 139 Å². The molecule has 0 aromatic rings. The molecule has 0 spiro atoms. The van der Waals surface area contributed by atoms with Crippen LogP contribution in [-0.2, 0) is 95.2 Å². The molecule has 0 radical (unpaired) electrons. The molecular weight excluding hydrogens is 1650 g/mol. The second kappa shape index (κ2) is 35.5. The second-order valence-electron chi connectivity index (χ2n) is 51.6. The zero-order chi connectivity index (χ0) is 93.9. The van der Waals surface area contributed by atoms with Crippen LogP contribution < -0.4 is 0 Å². The molecule has 23 atom stereocenters. The standard InChI is InChI=1S/C24H40O3.C23H38O3.C20H32O2.C16H26O3.2C13H18O5/c1-6-21(4,5)20(25)26-22-12-18-11-19(13-22)15-23(14-18,16-22)27-24(17(2)3)9-7-8-10-24;1-5-20(3,4)19(24)25-22-12-17-11-18(13-22)15-23(14-17,16-22)26-21(6-2)9-7-8-10-21;1-5-19(3,4)18(21)22-20(6-2)11-14-10-15(20)17-13-8-7-12(9-13)16(14)17;1-4-14(2,3)13(17)19-16-8-11-5-12(9-16)7-15(18,6-11)10-16;2*1-4-13(2,3)12(15)18-9-7-5-6-8(16-7)10(9)17-11(6)14/h17-19H,6-16H2,1-5H3;17-18H,5-16H2,1-4H3;12-17H,5-11H2,1-4H3;11-12,18H,4-10H2,1-3H3;2*6-10H,4-5H2,1-3H3. The number of aliphatic hydroxyl groups is 1. The zero-order valence-electron chi connectivity index (χ0n) is 84.4. The number of rotatable bonds is 25. The normalized spacial score (nSPS) is 42.6.